The van der Waals surface area contributed by atoms with Gasteiger partial charge in [0.15, 0.2) is 0 Å². The van der Waals surface area contributed by atoms with E-state index in [0.717, 1.165) is 5.56 Å². The van der Waals surface area contributed by atoms with Crippen molar-refractivity contribution >= 4 is 22.6 Å². The highest BCUT2D eigenvalue weighted by Gasteiger charge is 2.48. The summed E-state index contributed by atoms with van der Waals surface area (Å²) in [4.78, 5) is 24.3. The Morgan fingerprint density at radius 1 is 0.806 bits per heavy atom. The van der Waals surface area contributed by atoms with E-state index in [1.165, 1.54) is 30.3 Å². The molecule has 1 atom stereocenters. The van der Waals surface area contributed by atoms with Crippen molar-refractivity contribution < 1.29 is 32.6 Å². The summed E-state index contributed by atoms with van der Waals surface area (Å²) < 4.78 is 47.7. The molecule has 0 saturated heterocycles. The van der Waals surface area contributed by atoms with Crippen molar-refractivity contribution in [2.75, 3.05) is 0 Å². The highest BCUT2D eigenvalue weighted by molar-refractivity contribution is 6.00. The third-order valence-electron chi connectivity index (χ3n) is 5.67. The van der Waals surface area contributed by atoms with Gasteiger partial charge in [-0.2, -0.15) is 0 Å². The molecule has 8 heteroatoms. The van der Waals surface area contributed by atoms with E-state index in [2.05, 4.69) is 0 Å². The van der Waals surface area contributed by atoms with Crippen molar-refractivity contribution in [2.24, 2.45) is 0 Å². The lowest BCUT2D eigenvalue weighted by Crippen LogP contribution is -2.53. The molecule has 0 fully saturated rings. The van der Waals surface area contributed by atoms with E-state index in [9.17, 15) is 27.9 Å². The molecule has 36 heavy (non-hydrogen) atoms. The fourth-order valence-electron chi connectivity index (χ4n) is 3.89. The van der Waals surface area contributed by atoms with E-state index < -0.39 is 35.5 Å². The van der Waals surface area contributed by atoms with Gasteiger partial charge in [0.05, 0.1) is 0 Å². The number of benzene rings is 4. The van der Waals surface area contributed by atoms with Gasteiger partial charge in [-0.25, -0.2) is 9.69 Å². The normalized spacial score (nSPS) is 12.2. The van der Waals surface area contributed by atoms with E-state index >= 15 is 0 Å². The Morgan fingerprint density at radius 2 is 1.39 bits per heavy atom. The van der Waals surface area contributed by atoms with Gasteiger partial charge in [0, 0.05) is 12.0 Å². The van der Waals surface area contributed by atoms with Crippen LogP contribution in [0.15, 0.2) is 97.1 Å². The molecular weight excluding hydrogens is 471 g/mol. The van der Waals surface area contributed by atoms with Crippen molar-refractivity contribution in [3.05, 3.63) is 114 Å². The fraction of sp³-hybridized carbons (Fsp3) is 0.143. The summed E-state index contributed by atoms with van der Waals surface area (Å²) in [6.45, 7) is 0.349. The second kappa shape index (κ2) is 10.5. The Labute approximate surface area is 205 Å². The van der Waals surface area contributed by atoms with Gasteiger partial charge in [-0.3, -0.25) is 4.79 Å². The molecule has 4 aromatic carbocycles. The zero-order chi connectivity index (χ0) is 25.7. The summed E-state index contributed by atoms with van der Waals surface area (Å²) in [7, 11) is 0. The van der Waals surface area contributed by atoms with Gasteiger partial charge in [0.2, 0.25) is 0 Å². The van der Waals surface area contributed by atoms with Gasteiger partial charge < -0.3 is 9.84 Å². The monoisotopic (exact) mass is 493 g/mol. The molecule has 0 spiro atoms. The van der Waals surface area contributed by atoms with Crippen molar-refractivity contribution in [1.82, 2.24) is 4.90 Å². The molecule has 0 aliphatic heterocycles. The number of fused-ring (bicyclic) bond motifs is 1. The van der Waals surface area contributed by atoms with E-state index in [-0.39, 0.29) is 5.56 Å². The highest BCUT2D eigenvalue weighted by atomic mass is 19.4. The van der Waals surface area contributed by atoms with Crippen molar-refractivity contribution in [3.63, 3.8) is 0 Å². The average Bonchev–Trinajstić information content (AvgIpc) is 2.87. The van der Waals surface area contributed by atoms with Crippen LogP contribution in [0.2, 0.25) is 0 Å². The largest absolute Gasteiger partial charge is 0.489 e. The molecule has 0 aromatic heterocycles. The Kier molecular flexibility index (Phi) is 7.24. The van der Waals surface area contributed by atoms with E-state index in [1.807, 2.05) is 30.3 Å². The number of halogens is 3. The zero-order valence-corrected chi connectivity index (χ0v) is 19.0. The van der Waals surface area contributed by atoms with Crippen LogP contribution in [0.5, 0.6) is 5.75 Å². The smallest absolute Gasteiger partial charge is 0.488 e. The molecule has 4 rings (SSSR count). The molecule has 0 heterocycles. The number of hydrogen-bond acceptors (Lipinski definition) is 3. The van der Waals surface area contributed by atoms with Crippen LogP contribution in [0.4, 0.5) is 13.2 Å². The average molecular weight is 493 g/mol. The van der Waals surface area contributed by atoms with Crippen LogP contribution in [-0.2, 0) is 17.8 Å². The second-order valence-electron chi connectivity index (χ2n) is 8.18. The van der Waals surface area contributed by atoms with Gasteiger partial charge in [0.1, 0.15) is 18.4 Å². The number of nitrogens with zero attached hydrogens (tertiary/aromatic N) is 1. The van der Waals surface area contributed by atoms with Crippen LogP contribution >= 0.6 is 0 Å². The molecule has 0 unspecified atom stereocenters. The van der Waals surface area contributed by atoms with Crippen molar-refractivity contribution in [3.8, 4) is 5.75 Å². The van der Waals surface area contributed by atoms with Gasteiger partial charge in [-0.15, -0.1) is 13.2 Å². The Hall–Kier alpha value is -4.33. The van der Waals surface area contributed by atoms with Crippen LogP contribution in [0.3, 0.4) is 0 Å². The quantitative estimate of drug-likeness (QED) is 0.302. The number of carboxylic acid groups (broad SMARTS) is 1. The molecule has 5 nitrogen and oxygen atoms in total. The maximum absolute atomic E-state index is 14.0. The summed E-state index contributed by atoms with van der Waals surface area (Å²) in [5.74, 6) is -2.61. The highest BCUT2D eigenvalue weighted by Crippen LogP contribution is 2.30. The lowest BCUT2D eigenvalue weighted by molar-refractivity contribution is -0.238. The van der Waals surface area contributed by atoms with Gasteiger partial charge in [-0.1, -0.05) is 72.8 Å². The summed E-state index contributed by atoms with van der Waals surface area (Å²) in [6, 6.07) is 24.4. The first kappa shape index (κ1) is 24.8. The topological polar surface area (TPSA) is 66.8 Å². The minimum Gasteiger partial charge on any atom is -0.489 e. The standard InChI is InChI=1S/C28H22F3NO4/c29-28(30,31)32(25(27(34)35)15-19-7-3-1-4-8-19)26(33)23-12-11-22-17-24(14-13-21(22)16-23)36-18-20-9-5-2-6-10-20/h1-14,16-17,25H,15,18H2,(H,34,35)/t25-/m0/s1. The van der Waals surface area contributed by atoms with Crippen LogP contribution in [-0.4, -0.2) is 34.2 Å². The Bertz CT molecular complexity index is 1360. The van der Waals surface area contributed by atoms with Gasteiger partial charge >= 0.3 is 12.3 Å². The Balaban J connectivity index is 1.59. The van der Waals surface area contributed by atoms with Crippen LogP contribution < -0.4 is 4.74 Å². The number of aliphatic carboxylic acids is 1. The number of rotatable bonds is 8. The maximum atomic E-state index is 14.0. The van der Waals surface area contributed by atoms with Gasteiger partial charge in [-0.05, 0) is 46.2 Å². The first-order valence-corrected chi connectivity index (χ1v) is 11.1. The first-order valence-electron chi connectivity index (χ1n) is 11.1. The van der Waals surface area contributed by atoms with E-state index in [4.69, 9.17) is 4.74 Å². The van der Waals surface area contributed by atoms with Crippen LogP contribution in [0.25, 0.3) is 10.8 Å². The number of carboxylic acids is 1. The zero-order valence-electron chi connectivity index (χ0n) is 19.0. The first-order chi connectivity index (χ1) is 17.2. The lowest BCUT2D eigenvalue weighted by atomic mass is 10.0. The predicted molar refractivity (Wildman–Crippen MR) is 129 cm³/mol. The summed E-state index contributed by atoms with van der Waals surface area (Å²) >= 11 is 0. The molecule has 0 aliphatic rings. The number of carbonyl (C=O) groups excluding carboxylic acids is 1. The second-order valence-corrected chi connectivity index (χ2v) is 8.18. The minimum atomic E-state index is -5.20. The summed E-state index contributed by atoms with van der Waals surface area (Å²) in [6.07, 6.45) is -5.68. The molecule has 0 saturated carbocycles. The van der Waals surface area contributed by atoms with Gasteiger partial charge in [0.25, 0.3) is 5.91 Å². The molecule has 0 aliphatic carbocycles. The number of ether oxygens (including phenoxy) is 1. The third-order valence-corrected chi connectivity index (χ3v) is 5.67. The van der Waals surface area contributed by atoms with E-state index in [1.54, 1.807) is 36.4 Å². The summed E-state index contributed by atoms with van der Waals surface area (Å²) in [5, 5.41) is 10.8. The molecule has 184 valence electrons. The lowest BCUT2D eigenvalue weighted by Gasteiger charge is -2.30. The number of amides is 1. The van der Waals surface area contributed by atoms with Crippen LogP contribution in [0, 0.1) is 0 Å². The predicted octanol–water partition coefficient (Wildman–Crippen LogP) is 6.08. The summed E-state index contributed by atoms with van der Waals surface area (Å²) in [5.41, 5.74) is 1.08. The molecule has 1 amide bonds. The molecule has 0 radical (unpaired) electrons. The molecule has 0 bridgehead atoms. The van der Waals surface area contributed by atoms with Crippen molar-refractivity contribution in [2.45, 2.75) is 25.4 Å². The maximum Gasteiger partial charge on any atom is 0.488 e. The number of carbonyl (C=O) groups is 2. The molecule has 1 N–H and O–H groups in total. The number of alkyl halides is 3. The van der Waals surface area contributed by atoms with E-state index in [0.29, 0.717) is 28.7 Å². The third kappa shape index (κ3) is 5.83. The van der Waals surface area contributed by atoms with Crippen molar-refractivity contribution in [1.29, 1.82) is 0 Å². The Morgan fingerprint density at radius 3 is 2.00 bits per heavy atom. The fourth-order valence-corrected chi connectivity index (χ4v) is 3.89. The molecular formula is C28H22F3NO4. The SMILES string of the molecule is O=C(O)[C@H](Cc1ccccc1)N(C(=O)c1ccc2cc(OCc3ccccc3)ccc2c1)C(F)(F)F. The number of hydrogen-bond donors (Lipinski definition) is 1. The van der Waals surface area contributed by atoms with Crippen LogP contribution in [0.1, 0.15) is 21.5 Å². The molecule has 4 aromatic rings. The minimum absolute atomic E-state index is 0.267.